The number of nitrogens with one attached hydrogen (secondary N) is 1. The molecule has 2 aliphatic carbocycles. The average molecular weight is 430 g/mol. The molecule has 0 amide bonds. The number of halogens is 2. The minimum absolute atomic E-state index is 0. The van der Waals surface area contributed by atoms with E-state index in [0.29, 0.717) is 5.92 Å². The van der Waals surface area contributed by atoms with Crippen LogP contribution in [-0.2, 0) is 24.7 Å². The number of hydrogen-bond donors (Lipinski definition) is 1. The molecule has 0 bridgehead atoms. The van der Waals surface area contributed by atoms with Gasteiger partial charge in [-0.05, 0) is 0 Å². The average Bonchev–Trinajstić information content (AvgIpc) is 3.19. The fourth-order valence-corrected chi connectivity index (χ4v) is 4.85. The number of aromatic nitrogens is 1. The molecule has 1 nitrogen and oxygen atoms in total. The predicted octanol–water partition coefficient (Wildman–Crippen LogP) is -0.951. The van der Waals surface area contributed by atoms with E-state index in [1.807, 2.05) is 0 Å². The van der Waals surface area contributed by atoms with Crippen molar-refractivity contribution in [1.29, 1.82) is 0 Å². The van der Waals surface area contributed by atoms with Crippen LogP contribution >= 0.6 is 0 Å². The van der Waals surface area contributed by atoms with Crippen LogP contribution in [0.5, 0.6) is 0 Å². The molecule has 1 N–H and O–H groups in total. The van der Waals surface area contributed by atoms with Gasteiger partial charge in [-0.3, -0.25) is 0 Å². The van der Waals surface area contributed by atoms with Crippen LogP contribution < -0.4 is 24.8 Å². The molecule has 2 aromatic carbocycles. The number of para-hydroxylation sites is 1. The van der Waals surface area contributed by atoms with Crippen LogP contribution in [0.4, 0.5) is 0 Å². The first-order chi connectivity index (χ1) is 10.8. The van der Waals surface area contributed by atoms with Crippen molar-refractivity contribution in [3.63, 3.8) is 0 Å². The summed E-state index contributed by atoms with van der Waals surface area (Å²) in [5.41, 5.74) is 8.51. The van der Waals surface area contributed by atoms with Crippen molar-refractivity contribution in [1.82, 2.24) is 4.98 Å². The summed E-state index contributed by atoms with van der Waals surface area (Å²) in [6, 6.07) is 17.6. The van der Waals surface area contributed by atoms with Gasteiger partial charge in [-0.1, -0.05) is 0 Å². The number of benzene rings is 2. The van der Waals surface area contributed by atoms with E-state index < -0.39 is 0 Å². The third kappa shape index (κ3) is 2.39. The first-order valence-corrected chi connectivity index (χ1v) is 8.88. The third-order valence-corrected chi connectivity index (χ3v) is 6.08. The first kappa shape index (κ1) is 17.7. The molecule has 3 aromatic rings. The Balaban J connectivity index is 0.000000845. The van der Waals surface area contributed by atoms with Crippen molar-refractivity contribution in [2.75, 3.05) is 0 Å². The fraction of sp³-hybridized carbons (Fsp3) is 0.100. The normalized spacial score (nSPS) is 17.5. The summed E-state index contributed by atoms with van der Waals surface area (Å²) >= 11 is 1.52. The molecule has 5 rings (SSSR count). The predicted molar refractivity (Wildman–Crippen MR) is 86.4 cm³/mol. The van der Waals surface area contributed by atoms with Crippen molar-refractivity contribution < 1.29 is 49.5 Å². The molecule has 24 heavy (non-hydrogen) atoms. The summed E-state index contributed by atoms with van der Waals surface area (Å²) in [6.07, 6.45) is 5.70. The number of hydrogen-bond acceptors (Lipinski definition) is 0. The molecule has 0 aliphatic heterocycles. The minimum atomic E-state index is 0. The van der Waals surface area contributed by atoms with Gasteiger partial charge in [-0.25, -0.2) is 0 Å². The van der Waals surface area contributed by atoms with Crippen molar-refractivity contribution in [2.24, 2.45) is 0 Å². The van der Waals surface area contributed by atoms with E-state index in [1.54, 1.807) is 5.57 Å². The van der Waals surface area contributed by atoms with Crippen LogP contribution in [0.15, 0.2) is 69.5 Å². The second-order valence-electron chi connectivity index (χ2n) is 6.02. The maximum atomic E-state index is 3.72. The topological polar surface area (TPSA) is 15.8 Å². The number of aromatic amines is 1. The van der Waals surface area contributed by atoms with Crippen LogP contribution in [0.1, 0.15) is 23.6 Å². The molecule has 0 fully saturated rings. The summed E-state index contributed by atoms with van der Waals surface area (Å²) in [5, 5.41) is 1.35. The first-order valence-electron chi connectivity index (χ1n) is 7.65. The Hall–Kier alpha value is -1.08. The summed E-state index contributed by atoms with van der Waals surface area (Å²) in [5.74, 6) is 0.405. The van der Waals surface area contributed by atoms with Gasteiger partial charge >= 0.3 is 145 Å². The van der Waals surface area contributed by atoms with Gasteiger partial charge in [0.2, 0.25) is 0 Å². The summed E-state index contributed by atoms with van der Waals surface area (Å²) < 4.78 is 1.51. The van der Waals surface area contributed by atoms with Gasteiger partial charge in [-0.2, -0.15) is 0 Å². The molecule has 1 aromatic heterocycles. The fourth-order valence-electron chi connectivity index (χ4n) is 3.96. The summed E-state index contributed by atoms with van der Waals surface area (Å²) in [6.45, 7) is 0. The molecule has 117 valence electrons. The molecule has 0 saturated carbocycles. The Morgan fingerprint density at radius 2 is 1.71 bits per heavy atom. The van der Waals surface area contributed by atoms with Crippen LogP contribution in [0.3, 0.4) is 0 Å². The van der Waals surface area contributed by atoms with Gasteiger partial charge in [0.15, 0.2) is 0 Å². The zero-order chi connectivity index (χ0) is 14.7. The monoisotopic (exact) mass is 428 g/mol. The Morgan fingerprint density at radius 3 is 2.50 bits per heavy atom. The maximum absolute atomic E-state index is 3.72. The number of allylic oxidation sites excluding steroid dienone is 4. The van der Waals surface area contributed by atoms with E-state index in [1.165, 1.54) is 61.3 Å². The van der Waals surface area contributed by atoms with Gasteiger partial charge in [0, 0.05) is 0 Å². The van der Waals surface area contributed by atoms with Crippen LogP contribution in [0.2, 0.25) is 0 Å². The summed E-state index contributed by atoms with van der Waals surface area (Å²) in [4.78, 5) is 3.72. The van der Waals surface area contributed by atoms with Crippen molar-refractivity contribution in [2.45, 2.75) is 12.3 Å². The van der Waals surface area contributed by atoms with Crippen LogP contribution in [0.25, 0.3) is 22.0 Å². The molecule has 4 heteroatoms. The quantitative estimate of drug-likeness (QED) is 0.513. The number of fused-ring (bicyclic) bond motifs is 5. The Morgan fingerprint density at radius 1 is 0.958 bits per heavy atom. The molecule has 1 heterocycles. The second-order valence-corrected chi connectivity index (χ2v) is 7.35. The van der Waals surface area contributed by atoms with E-state index in [9.17, 15) is 0 Å². The summed E-state index contributed by atoms with van der Waals surface area (Å²) in [7, 11) is 0. The standard InChI is InChI=1S/C20H14N.2ClH.Zr/c1-2-8-13(7-1)18-14-9-3-4-10-15(14)19-16-11-5-6-12-17(16)21-20(18)19;;;/h1-6,9-12,18,21H,7H2;2*1H;/q;;;+2/p-2. The molecule has 0 radical (unpaired) electrons. The SMILES string of the molecule is [Cl-].[Cl-].[Zr+2][C]1=C(C2c3ccccc3-c3c2[nH]c2ccccc32)CC=C1. The molecule has 2 aliphatic rings. The van der Waals surface area contributed by atoms with Crippen molar-refractivity contribution in [3.8, 4) is 11.1 Å². The van der Waals surface area contributed by atoms with Crippen molar-refractivity contribution >= 4 is 10.9 Å². The van der Waals surface area contributed by atoms with Gasteiger partial charge in [-0.15, -0.1) is 0 Å². The Labute approximate surface area is 168 Å². The van der Waals surface area contributed by atoms with E-state index in [4.69, 9.17) is 0 Å². The molecule has 1 unspecified atom stereocenters. The second kappa shape index (κ2) is 6.67. The van der Waals surface area contributed by atoms with Crippen molar-refractivity contribution in [3.05, 3.63) is 80.8 Å². The molecule has 0 saturated heterocycles. The number of rotatable bonds is 1. The molecular formula is C20H14Cl2NZr. The van der Waals surface area contributed by atoms with Gasteiger partial charge in [0.1, 0.15) is 0 Å². The number of H-pyrrole nitrogens is 1. The Bertz CT molecular complexity index is 984. The van der Waals surface area contributed by atoms with E-state index >= 15 is 0 Å². The van der Waals surface area contributed by atoms with Crippen LogP contribution in [-0.4, -0.2) is 4.98 Å². The third-order valence-electron chi connectivity index (χ3n) is 4.88. The Kier molecular flexibility index (Phi) is 4.93. The van der Waals surface area contributed by atoms with Gasteiger partial charge in [0.05, 0.1) is 0 Å². The van der Waals surface area contributed by atoms with Gasteiger partial charge < -0.3 is 24.8 Å². The molecule has 1 atom stereocenters. The molecular weight excluding hydrogens is 416 g/mol. The zero-order valence-electron chi connectivity index (χ0n) is 12.8. The van der Waals surface area contributed by atoms with E-state index in [0.717, 1.165) is 6.42 Å². The molecule has 0 spiro atoms. The zero-order valence-corrected chi connectivity index (χ0v) is 16.8. The van der Waals surface area contributed by atoms with Gasteiger partial charge in [0.25, 0.3) is 0 Å². The van der Waals surface area contributed by atoms with E-state index in [2.05, 4.69) is 65.7 Å². The van der Waals surface area contributed by atoms with Crippen LogP contribution in [0, 0.1) is 0 Å². The van der Waals surface area contributed by atoms with E-state index in [-0.39, 0.29) is 24.8 Å².